The fourth-order valence-corrected chi connectivity index (χ4v) is 10.4. The van der Waals surface area contributed by atoms with E-state index < -0.39 is 5.41 Å². The Hall–Kier alpha value is -8.14. The van der Waals surface area contributed by atoms with Crippen molar-refractivity contribution in [2.45, 2.75) is 5.41 Å². The molecule has 0 radical (unpaired) electrons. The Morgan fingerprint density at radius 3 is 1.47 bits per heavy atom. The van der Waals surface area contributed by atoms with Gasteiger partial charge in [0.05, 0.1) is 16.8 Å². The predicted molar refractivity (Wildman–Crippen MR) is 253 cm³/mol. The average Bonchev–Trinajstić information content (AvgIpc) is 3.98. The molecule has 3 heteroatoms. The van der Waals surface area contributed by atoms with Crippen molar-refractivity contribution in [1.29, 1.82) is 0 Å². The lowest BCUT2D eigenvalue weighted by molar-refractivity contribution is 0.669. The fourth-order valence-electron chi connectivity index (χ4n) is 10.4. The molecule has 288 valence electrons. The van der Waals surface area contributed by atoms with Gasteiger partial charge in [-0.2, -0.15) is 0 Å². The summed E-state index contributed by atoms with van der Waals surface area (Å²) < 4.78 is 6.23. The van der Waals surface area contributed by atoms with E-state index in [2.05, 4.69) is 200 Å². The second kappa shape index (κ2) is 13.4. The number of hydrogen-bond donors (Lipinski definition) is 0. The van der Waals surface area contributed by atoms with Gasteiger partial charge in [-0.1, -0.05) is 170 Å². The Morgan fingerprint density at radius 2 is 0.790 bits per heavy atom. The zero-order valence-electron chi connectivity index (χ0n) is 33.6. The van der Waals surface area contributed by atoms with Crippen LogP contribution in [0.15, 0.2) is 223 Å². The summed E-state index contributed by atoms with van der Waals surface area (Å²) >= 11 is 0. The Labute approximate surface area is 359 Å². The van der Waals surface area contributed by atoms with Crippen LogP contribution in [0.1, 0.15) is 22.3 Å². The number of benzene rings is 9. The molecule has 0 fully saturated rings. The van der Waals surface area contributed by atoms with Gasteiger partial charge in [0.25, 0.3) is 0 Å². The maximum absolute atomic E-state index is 6.23. The minimum atomic E-state index is -0.451. The number of nitrogens with zero attached hydrogens (tertiary/aromatic N) is 2. The second-order valence-electron chi connectivity index (χ2n) is 16.4. The molecule has 2 heterocycles. The lowest BCUT2D eigenvalue weighted by Gasteiger charge is -2.30. The highest BCUT2D eigenvalue weighted by atomic mass is 16.3. The van der Waals surface area contributed by atoms with Crippen LogP contribution in [-0.4, -0.2) is 9.97 Å². The van der Waals surface area contributed by atoms with Crippen molar-refractivity contribution < 1.29 is 4.42 Å². The van der Waals surface area contributed by atoms with Crippen LogP contribution in [0.25, 0.3) is 100 Å². The van der Waals surface area contributed by atoms with Crippen LogP contribution >= 0.6 is 0 Å². The largest absolute Gasteiger partial charge is 0.456 e. The third-order valence-corrected chi connectivity index (χ3v) is 13.1. The molecule has 0 saturated carbocycles. The Bertz CT molecular complexity index is 3520. The highest BCUT2D eigenvalue weighted by Crippen LogP contribution is 2.63. The van der Waals surface area contributed by atoms with Crippen molar-refractivity contribution in [3.05, 3.63) is 241 Å². The maximum atomic E-state index is 6.23. The van der Waals surface area contributed by atoms with Crippen molar-refractivity contribution in [3.63, 3.8) is 0 Å². The van der Waals surface area contributed by atoms with E-state index in [1.165, 1.54) is 44.5 Å². The maximum Gasteiger partial charge on any atom is 0.160 e. The number of fused-ring (bicyclic) bond motifs is 13. The fraction of sp³-hybridized carbons (Fsp3) is 0.0169. The minimum absolute atomic E-state index is 0.451. The van der Waals surface area contributed by atoms with Crippen molar-refractivity contribution >= 4 is 21.9 Å². The van der Waals surface area contributed by atoms with E-state index in [1.54, 1.807) is 0 Å². The van der Waals surface area contributed by atoms with Gasteiger partial charge in [0.2, 0.25) is 0 Å². The van der Waals surface area contributed by atoms with Crippen molar-refractivity contribution in [2.75, 3.05) is 0 Å². The highest BCUT2D eigenvalue weighted by molar-refractivity contribution is 6.06. The van der Waals surface area contributed by atoms with Crippen LogP contribution in [0.4, 0.5) is 0 Å². The third-order valence-electron chi connectivity index (χ3n) is 13.1. The highest BCUT2D eigenvalue weighted by Gasteiger charge is 2.51. The SMILES string of the molecule is c1ccc(-c2cc(-c3ccc4oc5ccccc5c4c3)cc(-c3cc(-c4ccc5c(c4)C4(c6ccccc6-c6ccccc64)c4ccccc4-5)nc(-c4ccccc4)n3)c2)cc1. The topological polar surface area (TPSA) is 38.9 Å². The summed E-state index contributed by atoms with van der Waals surface area (Å²) in [6, 6.07) is 78.6. The first-order chi connectivity index (χ1) is 30.7. The van der Waals surface area contributed by atoms with Gasteiger partial charge in [0, 0.05) is 27.5 Å². The number of rotatable bonds is 5. The third kappa shape index (κ3) is 5.12. The van der Waals surface area contributed by atoms with Crippen LogP contribution in [0.2, 0.25) is 0 Å². The van der Waals surface area contributed by atoms with Gasteiger partial charge in [0.1, 0.15) is 11.2 Å². The summed E-state index contributed by atoms with van der Waals surface area (Å²) in [5.74, 6) is 0.686. The van der Waals surface area contributed by atoms with E-state index in [0.29, 0.717) is 5.82 Å². The van der Waals surface area contributed by atoms with E-state index in [9.17, 15) is 0 Å². The van der Waals surface area contributed by atoms with Crippen LogP contribution in [-0.2, 0) is 5.41 Å². The molecule has 2 aliphatic rings. The molecule has 2 aromatic heterocycles. The molecular weight excluding hydrogens is 753 g/mol. The molecule has 3 nitrogen and oxygen atoms in total. The summed E-state index contributed by atoms with van der Waals surface area (Å²) in [5.41, 5.74) is 20.9. The molecule has 0 unspecified atom stereocenters. The minimum Gasteiger partial charge on any atom is -0.456 e. The van der Waals surface area contributed by atoms with E-state index in [1.807, 2.05) is 18.2 Å². The summed E-state index contributed by atoms with van der Waals surface area (Å²) in [6.45, 7) is 0. The standard InChI is InChI=1S/C59H36N2O/c1-3-15-37(16-4-1)41-31-42(39-28-30-57-49(34-39)48-22-10-14-26-56(48)62-57)33-43(32-41)55-36-54(60-58(61-55)38-17-5-2-6-18-38)40-27-29-47-46-21-9-13-25-52(46)59(53(47)35-40)50-23-11-7-19-44(50)45-20-8-12-24-51(45)59/h1-36H. The molecule has 11 aromatic rings. The van der Waals surface area contributed by atoms with Gasteiger partial charge in [0.15, 0.2) is 5.82 Å². The van der Waals surface area contributed by atoms with Crippen LogP contribution in [0.3, 0.4) is 0 Å². The quantitative estimate of drug-likeness (QED) is 0.174. The van der Waals surface area contributed by atoms with Crippen LogP contribution < -0.4 is 0 Å². The summed E-state index contributed by atoms with van der Waals surface area (Å²) in [7, 11) is 0. The molecule has 1 spiro atoms. The number of furan rings is 1. The molecule has 9 aromatic carbocycles. The smallest absolute Gasteiger partial charge is 0.160 e. The zero-order valence-corrected chi connectivity index (χ0v) is 33.6. The van der Waals surface area contributed by atoms with Gasteiger partial charge in [-0.25, -0.2) is 9.97 Å². The molecule has 62 heavy (non-hydrogen) atoms. The van der Waals surface area contributed by atoms with Crippen molar-refractivity contribution in [3.8, 4) is 78.4 Å². The molecule has 13 rings (SSSR count). The van der Waals surface area contributed by atoms with Gasteiger partial charge in [-0.15, -0.1) is 0 Å². The normalized spacial score (nSPS) is 13.0. The monoisotopic (exact) mass is 788 g/mol. The molecule has 0 saturated heterocycles. The number of aromatic nitrogens is 2. The van der Waals surface area contributed by atoms with E-state index in [4.69, 9.17) is 14.4 Å². The van der Waals surface area contributed by atoms with Crippen molar-refractivity contribution in [2.24, 2.45) is 0 Å². The first-order valence-electron chi connectivity index (χ1n) is 21.2. The van der Waals surface area contributed by atoms with Crippen LogP contribution in [0.5, 0.6) is 0 Å². The predicted octanol–water partition coefficient (Wildman–Crippen LogP) is 15.1. The molecular formula is C59H36N2O. The first-order valence-corrected chi connectivity index (χ1v) is 21.2. The number of para-hydroxylation sites is 1. The second-order valence-corrected chi connectivity index (χ2v) is 16.4. The van der Waals surface area contributed by atoms with Gasteiger partial charge in [-0.05, 0) is 115 Å². The first kappa shape index (κ1) is 34.7. The Morgan fingerprint density at radius 1 is 0.290 bits per heavy atom. The van der Waals surface area contributed by atoms with Crippen molar-refractivity contribution in [1.82, 2.24) is 9.97 Å². The molecule has 0 bridgehead atoms. The molecule has 2 aliphatic carbocycles. The van der Waals surface area contributed by atoms with Gasteiger partial charge >= 0.3 is 0 Å². The van der Waals surface area contributed by atoms with Gasteiger partial charge < -0.3 is 4.42 Å². The number of hydrogen-bond acceptors (Lipinski definition) is 3. The van der Waals surface area contributed by atoms with E-state index in [0.717, 1.165) is 72.3 Å². The summed E-state index contributed by atoms with van der Waals surface area (Å²) in [4.78, 5) is 10.7. The lowest BCUT2D eigenvalue weighted by atomic mass is 9.70. The lowest BCUT2D eigenvalue weighted by Crippen LogP contribution is -2.25. The molecule has 0 aliphatic heterocycles. The molecule has 0 N–H and O–H groups in total. The summed E-state index contributed by atoms with van der Waals surface area (Å²) in [6.07, 6.45) is 0. The van der Waals surface area contributed by atoms with E-state index >= 15 is 0 Å². The zero-order chi connectivity index (χ0) is 40.8. The summed E-state index contributed by atoms with van der Waals surface area (Å²) in [5, 5.41) is 2.21. The van der Waals surface area contributed by atoms with E-state index in [-0.39, 0.29) is 0 Å². The Balaban J connectivity index is 1.03. The Kier molecular flexibility index (Phi) is 7.52. The molecule has 0 amide bonds. The average molecular weight is 789 g/mol. The van der Waals surface area contributed by atoms with Crippen LogP contribution in [0, 0.1) is 0 Å². The van der Waals surface area contributed by atoms with Gasteiger partial charge in [-0.3, -0.25) is 0 Å². The molecule has 0 atom stereocenters.